The maximum Gasteiger partial charge on any atom is 0.0626 e. The quantitative estimate of drug-likeness (QED) is 0.857. The minimum atomic E-state index is 0.0627. The number of aliphatic hydroxyl groups excluding tert-OH is 1. The van der Waals surface area contributed by atoms with Crippen molar-refractivity contribution in [2.75, 3.05) is 6.61 Å². The van der Waals surface area contributed by atoms with Gasteiger partial charge in [-0.05, 0) is 36.2 Å². The average molecular weight is 275 g/mol. The monoisotopic (exact) mass is 275 g/mol. The zero-order chi connectivity index (χ0) is 14.5. The van der Waals surface area contributed by atoms with E-state index in [4.69, 9.17) is 0 Å². The lowest BCUT2D eigenvalue weighted by molar-refractivity contribution is 0.140. The van der Waals surface area contributed by atoms with Crippen LogP contribution in [0.3, 0.4) is 0 Å². The Morgan fingerprint density at radius 3 is 2.50 bits per heavy atom. The molecule has 1 aromatic rings. The van der Waals surface area contributed by atoms with Gasteiger partial charge in [-0.25, -0.2) is 0 Å². The van der Waals surface area contributed by atoms with Crippen molar-refractivity contribution in [1.29, 1.82) is 0 Å². The summed E-state index contributed by atoms with van der Waals surface area (Å²) in [6, 6.07) is 10.9. The molecule has 1 aliphatic carbocycles. The highest BCUT2D eigenvalue weighted by atomic mass is 16.3. The molecule has 2 N–H and O–H groups in total. The van der Waals surface area contributed by atoms with Gasteiger partial charge in [0.25, 0.3) is 0 Å². The SMILES string of the molecule is CC1CCC(C(C)C)C(NC(CO)c2ccccc2)C1. The predicted octanol–water partition coefficient (Wildman–Crippen LogP) is 3.77. The van der Waals surface area contributed by atoms with E-state index in [-0.39, 0.29) is 12.6 Å². The molecule has 4 unspecified atom stereocenters. The van der Waals surface area contributed by atoms with E-state index in [2.05, 4.69) is 38.2 Å². The van der Waals surface area contributed by atoms with Gasteiger partial charge in [-0.15, -0.1) is 0 Å². The molecule has 2 heteroatoms. The predicted molar refractivity (Wildman–Crippen MR) is 84.5 cm³/mol. The van der Waals surface area contributed by atoms with E-state index in [1.165, 1.54) is 24.8 Å². The molecule has 1 aromatic carbocycles. The summed E-state index contributed by atoms with van der Waals surface area (Å²) in [7, 11) is 0. The van der Waals surface area contributed by atoms with Gasteiger partial charge in [-0.3, -0.25) is 0 Å². The van der Waals surface area contributed by atoms with Gasteiger partial charge >= 0.3 is 0 Å². The number of rotatable bonds is 5. The second kappa shape index (κ2) is 7.24. The maximum atomic E-state index is 9.74. The van der Waals surface area contributed by atoms with Gasteiger partial charge < -0.3 is 10.4 Å². The Morgan fingerprint density at radius 1 is 1.20 bits per heavy atom. The summed E-state index contributed by atoms with van der Waals surface area (Å²) < 4.78 is 0. The van der Waals surface area contributed by atoms with E-state index in [9.17, 15) is 5.11 Å². The van der Waals surface area contributed by atoms with Gasteiger partial charge in [-0.1, -0.05) is 57.5 Å². The first-order valence-corrected chi connectivity index (χ1v) is 8.03. The lowest BCUT2D eigenvalue weighted by Crippen LogP contribution is -2.45. The Balaban J connectivity index is 2.08. The molecule has 0 bridgehead atoms. The second-order valence-electron chi connectivity index (χ2n) is 6.75. The highest BCUT2D eigenvalue weighted by Crippen LogP contribution is 2.34. The molecule has 2 nitrogen and oxygen atoms in total. The van der Waals surface area contributed by atoms with Crippen LogP contribution in [0.1, 0.15) is 51.6 Å². The van der Waals surface area contributed by atoms with Crippen molar-refractivity contribution < 1.29 is 5.11 Å². The summed E-state index contributed by atoms with van der Waals surface area (Å²) in [5.41, 5.74) is 1.19. The summed E-state index contributed by atoms with van der Waals surface area (Å²) in [4.78, 5) is 0. The third kappa shape index (κ3) is 3.83. The van der Waals surface area contributed by atoms with Crippen LogP contribution in [0.4, 0.5) is 0 Å². The van der Waals surface area contributed by atoms with Crippen LogP contribution in [-0.2, 0) is 0 Å². The van der Waals surface area contributed by atoms with Crippen molar-refractivity contribution in [3.8, 4) is 0 Å². The smallest absolute Gasteiger partial charge is 0.0626 e. The highest BCUT2D eigenvalue weighted by molar-refractivity contribution is 5.19. The number of nitrogens with one attached hydrogen (secondary N) is 1. The topological polar surface area (TPSA) is 32.3 Å². The fourth-order valence-corrected chi connectivity index (χ4v) is 3.59. The standard InChI is InChI=1S/C18H29NO/c1-13(2)16-10-9-14(3)11-17(16)19-18(12-20)15-7-5-4-6-8-15/h4-8,13-14,16-20H,9-12H2,1-3H3. The molecule has 0 aliphatic heterocycles. The second-order valence-corrected chi connectivity index (χ2v) is 6.75. The van der Waals surface area contributed by atoms with Crippen LogP contribution in [0.25, 0.3) is 0 Å². The van der Waals surface area contributed by atoms with Crippen molar-refractivity contribution in [3.63, 3.8) is 0 Å². The van der Waals surface area contributed by atoms with E-state index < -0.39 is 0 Å². The molecule has 4 atom stereocenters. The molecule has 0 aromatic heterocycles. The van der Waals surface area contributed by atoms with Crippen molar-refractivity contribution in [1.82, 2.24) is 5.32 Å². The fourth-order valence-electron chi connectivity index (χ4n) is 3.59. The van der Waals surface area contributed by atoms with Gasteiger partial charge in [0.1, 0.15) is 0 Å². The molecule has 0 saturated heterocycles. The molecule has 112 valence electrons. The van der Waals surface area contributed by atoms with E-state index in [0.29, 0.717) is 12.0 Å². The van der Waals surface area contributed by atoms with Crippen LogP contribution >= 0.6 is 0 Å². The van der Waals surface area contributed by atoms with Crippen LogP contribution in [-0.4, -0.2) is 17.8 Å². The van der Waals surface area contributed by atoms with Gasteiger partial charge in [0.05, 0.1) is 12.6 Å². The first kappa shape index (κ1) is 15.5. The average Bonchev–Trinajstić information content (AvgIpc) is 2.45. The van der Waals surface area contributed by atoms with Crippen molar-refractivity contribution in [2.24, 2.45) is 17.8 Å². The van der Waals surface area contributed by atoms with Gasteiger partial charge in [-0.2, -0.15) is 0 Å². The summed E-state index contributed by atoms with van der Waals surface area (Å²) in [5, 5.41) is 13.5. The normalized spacial score (nSPS) is 28.6. The lowest BCUT2D eigenvalue weighted by atomic mass is 9.73. The molecule has 0 radical (unpaired) electrons. The Hall–Kier alpha value is -0.860. The maximum absolute atomic E-state index is 9.74. The number of hydrogen-bond acceptors (Lipinski definition) is 2. The molecule has 20 heavy (non-hydrogen) atoms. The molecule has 1 saturated carbocycles. The minimum Gasteiger partial charge on any atom is -0.394 e. The molecule has 0 amide bonds. The number of aliphatic hydroxyl groups is 1. The van der Waals surface area contributed by atoms with Crippen molar-refractivity contribution >= 4 is 0 Å². The van der Waals surface area contributed by atoms with E-state index in [1.54, 1.807) is 0 Å². The molecule has 1 fully saturated rings. The Labute approximate surface area is 123 Å². The summed E-state index contributed by atoms with van der Waals surface area (Å²) in [6.45, 7) is 7.17. The van der Waals surface area contributed by atoms with Crippen molar-refractivity contribution in [3.05, 3.63) is 35.9 Å². The van der Waals surface area contributed by atoms with Crippen LogP contribution < -0.4 is 5.32 Å². The van der Waals surface area contributed by atoms with Crippen LogP contribution in [0.15, 0.2) is 30.3 Å². The summed E-state index contributed by atoms with van der Waals surface area (Å²) in [5.74, 6) is 2.22. The third-order valence-corrected chi connectivity index (χ3v) is 4.82. The van der Waals surface area contributed by atoms with Crippen LogP contribution in [0.5, 0.6) is 0 Å². The molecular formula is C18H29NO. The summed E-state index contributed by atoms with van der Waals surface area (Å²) >= 11 is 0. The molecule has 1 aliphatic rings. The van der Waals surface area contributed by atoms with Crippen molar-refractivity contribution in [2.45, 2.75) is 52.1 Å². The fraction of sp³-hybridized carbons (Fsp3) is 0.667. The first-order valence-electron chi connectivity index (χ1n) is 8.03. The van der Waals surface area contributed by atoms with Crippen LogP contribution in [0.2, 0.25) is 0 Å². The molecule has 2 rings (SSSR count). The van der Waals surface area contributed by atoms with E-state index in [0.717, 1.165) is 11.8 Å². The Kier molecular flexibility index (Phi) is 5.62. The number of benzene rings is 1. The largest absolute Gasteiger partial charge is 0.394 e. The number of hydrogen-bond donors (Lipinski definition) is 2. The lowest BCUT2D eigenvalue weighted by Gasteiger charge is -2.39. The van der Waals surface area contributed by atoms with E-state index >= 15 is 0 Å². The van der Waals surface area contributed by atoms with Gasteiger partial charge in [0, 0.05) is 6.04 Å². The van der Waals surface area contributed by atoms with Crippen LogP contribution in [0, 0.1) is 17.8 Å². The van der Waals surface area contributed by atoms with E-state index in [1.807, 2.05) is 18.2 Å². The third-order valence-electron chi connectivity index (χ3n) is 4.82. The Morgan fingerprint density at radius 2 is 1.90 bits per heavy atom. The molecule has 0 heterocycles. The van der Waals surface area contributed by atoms with Gasteiger partial charge in [0.2, 0.25) is 0 Å². The molecular weight excluding hydrogens is 246 g/mol. The highest BCUT2D eigenvalue weighted by Gasteiger charge is 2.32. The zero-order valence-corrected chi connectivity index (χ0v) is 13.0. The Bertz CT molecular complexity index is 390. The van der Waals surface area contributed by atoms with Gasteiger partial charge in [0.15, 0.2) is 0 Å². The minimum absolute atomic E-state index is 0.0627. The first-order chi connectivity index (χ1) is 9.61. The zero-order valence-electron chi connectivity index (χ0n) is 13.0. The molecule has 0 spiro atoms. The summed E-state index contributed by atoms with van der Waals surface area (Å²) in [6.07, 6.45) is 3.88.